The number of benzene rings is 9. The van der Waals surface area contributed by atoms with E-state index < -0.39 is 0 Å². The van der Waals surface area contributed by atoms with E-state index in [-0.39, 0.29) is 29.1 Å². The lowest BCUT2D eigenvalue weighted by Crippen LogP contribution is -1.98. The average Bonchev–Trinajstić information content (AvgIpc) is 2.54. The molecule has 12 heteroatoms. The predicted octanol–water partition coefficient (Wildman–Crippen LogP) is 19.5. The van der Waals surface area contributed by atoms with Crippen LogP contribution < -0.4 is 0 Å². The van der Waals surface area contributed by atoms with Crippen molar-refractivity contribution in [1.29, 1.82) is 15.8 Å². The van der Waals surface area contributed by atoms with E-state index in [0.29, 0.717) is 41.4 Å². The van der Waals surface area contributed by atoms with E-state index in [2.05, 4.69) is 18.2 Å². The predicted molar refractivity (Wildman–Crippen MR) is 341 cm³/mol. The normalized spacial score (nSPS) is 11.6. The third kappa shape index (κ3) is 14.4. The van der Waals surface area contributed by atoms with Crippen molar-refractivity contribution in [2.45, 2.75) is 40.4 Å². The van der Waals surface area contributed by atoms with Crippen LogP contribution in [0.4, 0.5) is 22.0 Å². The van der Waals surface area contributed by atoms with Crippen molar-refractivity contribution < 1.29 is 22.0 Å². The van der Waals surface area contributed by atoms with E-state index in [1.54, 1.807) is 54.6 Å². The minimum atomic E-state index is -0.333. The van der Waals surface area contributed by atoms with Crippen molar-refractivity contribution >= 4 is 79.3 Å². The van der Waals surface area contributed by atoms with E-state index in [0.717, 1.165) is 99.5 Å². The molecule has 426 valence electrons. The van der Waals surface area contributed by atoms with E-state index in [1.165, 1.54) is 60.7 Å². The van der Waals surface area contributed by atoms with Crippen LogP contribution in [0.25, 0.3) is 67.7 Å². The molecule has 9 aromatic carbocycles. The Morgan fingerprint density at radius 3 is 1.17 bits per heavy atom. The summed E-state index contributed by atoms with van der Waals surface area (Å²) in [7, 11) is 0. The second-order valence-corrected chi connectivity index (χ2v) is 21.5. The van der Waals surface area contributed by atoms with Crippen LogP contribution in [0, 0.1) is 83.9 Å². The zero-order valence-electron chi connectivity index (χ0n) is 47.6. The molecule has 0 fully saturated rings. The van der Waals surface area contributed by atoms with Crippen LogP contribution in [0.3, 0.4) is 0 Å². The number of hydrogen-bond donors (Lipinski definition) is 0. The standard InChI is InChI=1S/C25H18ClFN2.2C25H18F2N2/c1-17-5-9-19(10-6-17)20(14-28)13-21-16-29(15-18-7-11-22(27)12-8-18)25-23(21)3-2-4-24(25)26;1-17-2-6-19(7-3-17)20(14-28)12-21-16-29(15-18-4-8-22(26)9-5-18)25-11-10-23(27)13-24(21)25;1-17-2-6-19(7-3-17)20(14-28)12-21-16-29(15-18-4-8-22(26)9-5-18)25-13-23(27)10-11-24(21)25/h3*2-13,16H,15H2,1H3/b20-13+;2*20-12+. The maximum Gasteiger partial charge on any atom is 0.125 e. The lowest BCUT2D eigenvalue weighted by molar-refractivity contribution is 0.625. The zero-order valence-corrected chi connectivity index (χ0v) is 48.3. The van der Waals surface area contributed by atoms with Gasteiger partial charge in [-0.1, -0.05) is 150 Å². The summed E-state index contributed by atoms with van der Waals surface area (Å²) in [4.78, 5) is 0. The molecule has 0 aliphatic heterocycles. The number of rotatable bonds is 12. The molecule has 0 unspecified atom stereocenters. The molecule has 87 heavy (non-hydrogen) atoms. The fraction of sp³-hybridized carbons (Fsp3) is 0.0800. The summed E-state index contributed by atoms with van der Waals surface area (Å²) in [6.07, 6.45) is 11.3. The van der Waals surface area contributed by atoms with Gasteiger partial charge in [0.05, 0.1) is 51.0 Å². The molecule has 3 heterocycles. The third-order valence-electron chi connectivity index (χ3n) is 14.8. The summed E-state index contributed by atoms with van der Waals surface area (Å²) in [6.45, 7) is 7.55. The first-order valence-electron chi connectivity index (χ1n) is 27.8. The van der Waals surface area contributed by atoms with Gasteiger partial charge in [-0.15, -0.1) is 0 Å². The van der Waals surface area contributed by atoms with Gasteiger partial charge in [-0.2, -0.15) is 15.8 Å². The van der Waals surface area contributed by atoms with E-state index in [4.69, 9.17) is 11.6 Å². The Morgan fingerprint density at radius 2 is 0.736 bits per heavy atom. The van der Waals surface area contributed by atoms with Crippen LogP contribution in [0.5, 0.6) is 0 Å². The van der Waals surface area contributed by atoms with Crippen molar-refractivity contribution in [3.8, 4) is 18.2 Å². The number of aryl methyl sites for hydroxylation is 3. The van der Waals surface area contributed by atoms with Crippen LogP contribution in [0.1, 0.15) is 66.8 Å². The Morgan fingerprint density at radius 1 is 0.379 bits per heavy atom. The Labute approximate surface area is 506 Å². The molecule has 12 rings (SSSR count). The Balaban J connectivity index is 0.000000144. The molecule has 3 aromatic heterocycles. The first-order chi connectivity index (χ1) is 42.1. The van der Waals surface area contributed by atoms with Crippen molar-refractivity contribution in [3.05, 3.63) is 320 Å². The second-order valence-electron chi connectivity index (χ2n) is 21.1. The van der Waals surface area contributed by atoms with Crippen molar-refractivity contribution in [3.63, 3.8) is 0 Å². The highest BCUT2D eigenvalue weighted by atomic mass is 35.5. The van der Waals surface area contributed by atoms with Gasteiger partial charge in [-0.3, -0.25) is 0 Å². The van der Waals surface area contributed by atoms with Crippen LogP contribution in [-0.4, -0.2) is 13.7 Å². The number of nitrogens with zero attached hydrogens (tertiary/aromatic N) is 6. The molecule has 12 aromatic rings. The van der Waals surface area contributed by atoms with Crippen LogP contribution in [0.15, 0.2) is 219 Å². The van der Waals surface area contributed by atoms with Crippen molar-refractivity contribution in [2.75, 3.05) is 0 Å². The SMILES string of the molecule is Cc1ccc(/C(C#N)=C/c2cn(Cc3ccc(F)cc3)c3c(Cl)cccc23)cc1.Cc1ccc(/C(C#N)=C/c2cn(Cc3ccc(F)cc3)c3cc(F)ccc23)cc1.Cc1ccc(/C(C#N)=C/c2cn(Cc3ccc(F)cc3)c3ccc(F)cc23)cc1. The van der Waals surface area contributed by atoms with Gasteiger partial charge >= 0.3 is 0 Å². The molecule has 6 nitrogen and oxygen atoms in total. The quantitative estimate of drug-likeness (QED) is 0.0902. The summed E-state index contributed by atoms with van der Waals surface area (Å²) in [6, 6.07) is 64.2. The Bertz CT molecular complexity index is 4610. The smallest absolute Gasteiger partial charge is 0.125 e. The lowest BCUT2D eigenvalue weighted by atomic mass is 10.0. The summed E-state index contributed by atoms with van der Waals surface area (Å²) >= 11 is 6.51. The van der Waals surface area contributed by atoms with Gasteiger partial charge < -0.3 is 13.7 Å². The summed E-state index contributed by atoms with van der Waals surface area (Å²) in [5.74, 6) is -1.50. The number of fused-ring (bicyclic) bond motifs is 3. The van der Waals surface area contributed by atoms with Gasteiger partial charge in [-0.25, -0.2) is 22.0 Å². The van der Waals surface area contributed by atoms with Gasteiger partial charge in [-0.05, 0) is 151 Å². The highest BCUT2D eigenvalue weighted by molar-refractivity contribution is 6.35. The molecule has 0 saturated heterocycles. The monoisotopic (exact) mass is 1170 g/mol. The number of halogens is 6. The van der Waals surface area contributed by atoms with E-state index >= 15 is 0 Å². The van der Waals surface area contributed by atoms with E-state index in [9.17, 15) is 37.7 Å². The Kier molecular flexibility index (Phi) is 18.3. The minimum absolute atomic E-state index is 0.260. The molecule has 0 aliphatic rings. The maximum atomic E-state index is 13.9. The van der Waals surface area contributed by atoms with Gasteiger partial charge in [0.2, 0.25) is 0 Å². The van der Waals surface area contributed by atoms with Crippen LogP contribution in [-0.2, 0) is 19.6 Å². The topological polar surface area (TPSA) is 86.2 Å². The molecular weight excluding hydrogens is 1120 g/mol. The summed E-state index contributed by atoms with van der Waals surface area (Å²) < 4.78 is 73.5. The maximum absolute atomic E-state index is 13.9. The molecule has 0 atom stereocenters. The first-order valence-corrected chi connectivity index (χ1v) is 28.1. The second kappa shape index (κ2) is 26.9. The number of aromatic nitrogens is 3. The van der Waals surface area contributed by atoms with E-state index in [1.807, 2.05) is 156 Å². The fourth-order valence-electron chi connectivity index (χ4n) is 10.2. The number of allylic oxidation sites excluding steroid dienone is 3. The summed E-state index contributed by atoms with van der Waals surface area (Å²) in [5, 5.41) is 32.3. The van der Waals surface area contributed by atoms with Gasteiger partial charge in [0.1, 0.15) is 29.1 Å². The molecule has 0 aliphatic carbocycles. The van der Waals surface area contributed by atoms with Crippen LogP contribution in [0.2, 0.25) is 5.02 Å². The van der Waals surface area contributed by atoms with Crippen molar-refractivity contribution in [2.24, 2.45) is 0 Å². The first kappa shape index (κ1) is 59.4. The highest BCUT2D eigenvalue weighted by Crippen LogP contribution is 2.33. The molecule has 0 bridgehead atoms. The Hall–Kier alpha value is -10.8. The van der Waals surface area contributed by atoms with Crippen LogP contribution >= 0.6 is 11.6 Å². The molecule has 0 amide bonds. The number of para-hydroxylation sites is 1. The molecular formula is C75H54ClF5N6. The average molecular weight is 1170 g/mol. The third-order valence-corrected chi connectivity index (χ3v) is 15.1. The highest BCUT2D eigenvalue weighted by Gasteiger charge is 2.16. The van der Waals surface area contributed by atoms with Gasteiger partial charge in [0, 0.05) is 76.6 Å². The number of nitriles is 3. The zero-order chi connectivity index (χ0) is 61.1. The number of hydrogen-bond acceptors (Lipinski definition) is 3. The molecule has 0 radical (unpaired) electrons. The minimum Gasteiger partial charge on any atom is -0.342 e. The summed E-state index contributed by atoms with van der Waals surface area (Å²) in [5.41, 5.74) is 15.3. The molecule has 0 N–H and O–H groups in total. The molecule has 0 spiro atoms. The van der Waals surface area contributed by atoms with Gasteiger partial charge in [0.25, 0.3) is 0 Å². The lowest BCUT2D eigenvalue weighted by Gasteiger charge is -2.06. The largest absolute Gasteiger partial charge is 0.342 e. The fourth-order valence-corrected chi connectivity index (χ4v) is 10.5. The molecule has 0 saturated carbocycles. The van der Waals surface area contributed by atoms with Gasteiger partial charge in [0.15, 0.2) is 0 Å². The van der Waals surface area contributed by atoms with Crippen molar-refractivity contribution in [1.82, 2.24) is 13.7 Å².